The molecule has 1 aromatic carbocycles. The molecule has 0 saturated heterocycles. The zero-order valence-electron chi connectivity index (χ0n) is 17.9. The fourth-order valence-corrected chi connectivity index (χ4v) is 3.81. The van der Waals surface area contributed by atoms with Crippen LogP contribution >= 0.6 is 0 Å². The monoisotopic (exact) mass is 406 g/mol. The van der Waals surface area contributed by atoms with E-state index in [0.717, 1.165) is 5.56 Å². The van der Waals surface area contributed by atoms with E-state index >= 15 is 0 Å². The van der Waals surface area contributed by atoms with Gasteiger partial charge in [0.1, 0.15) is 0 Å². The minimum Gasteiger partial charge on any atom is -0.481 e. The molecule has 2 atom stereocenters. The number of aliphatic carboxylic acids is 1. The second kappa shape index (κ2) is 10.6. The number of hydrogen-bond donors (Lipinski definition) is 1. The number of ether oxygens (including phenoxy) is 1. The zero-order valence-corrected chi connectivity index (χ0v) is 18.9. The van der Waals surface area contributed by atoms with Gasteiger partial charge < -0.3 is 14.3 Å². The lowest BCUT2D eigenvalue weighted by molar-refractivity contribution is -0.145. The van der Waals surface area contributed by atoms with Crippen LogP contribution in [-0.2, 0) is 25.2 Å². The number of rotatable bonds is 10. The van der Waals surface area contributed by atoms with Crippen LogP contribution in [0.1, 0.15) is 39.7 Å². The summed E-state index contributed by atoms with van der Waals surface area (Å²) in [5, 5.41) is 9.80. The minimum atomic E-state index is -2.24. The number of carbonyl (C=O) groups excluding carboxylic acids is 1. The van der Waals surface area contributed by atoms with Crippen LogP contribution in [-0.4, -0.2) is 38.1 Å². The van der Waals surface area contributed by atoms with Crippen molar-refractivity contribution in [2.75, 3.05) is 6.61 Å². The molecule has 0 aliphatic carbocycles. The molecule has 0 spiro atoms. The zero-order chi connectivity index (χ0) is 21.4. The topological polar surface area (TPSA) is 72.8 Å². The molecule has 0 aromatic heterocycles. The van der Waals surface area contributed by atoms with Gasteiger partial charge in [-0.1, -0.05) is 51.1 Å². The van der Waals surface area contributed by atoms with Gasteiger partial charge in [0.05, 0.1) is 18.6 Å². The van der Waals surface area contributed by atoms with Crippen molar-refractivity contribution in [3.8, 4) is 0 Å². The first-order valence-electron chi connectivity index (χ1n) is 9.77. The number of hydrogen-bond acceptors (Lipinski definition) is 4. The van der Waals surface area contributed by atoms with E-state index in [-0.39, 0.29) is 11.6 Å². The van der Waals surface area contributed by atoms with Gasteiger partial charge in [-0.15, -0.1) is 0 Å². The maximum atomic E-state index is 12.1. The lowest BCUT2D eigenvalue weighted by Gasteiger charge is -2.40. The van der Waals surface area contributed by atoms with E-state index in [9.17, 15) is 14.7 Å². The molecule has 0 aliphatic rings. The molecule has 1 aromatic rings. The van der Waals surface area contributed by atoms with E-state index < -0.39 is 32.3 Å². The minimum absolute atomic E-state index is 0.0779. The summed E-state index contributed by atoms with van der Waals surface area (Å²) in [5.41, 5.74) is 1.08. The Balaban J connectivity index is 3.08. The molecule has 0 fully saturated rings. The fraction of sp³-hybridized carbons (Fsp3) is 0.545. The molecule has 1 N–H and O–H groups in total. The van der Waals surface area contributed by atoms with Crippen LogP contribution in [0.5, 0.6) is 0 Å². The number of carbonyl (C=O) groups is 2. The lowest BCUT2D eigenvalue weighted by atomic mass is 9.94. The van der Waals surface area contributed by atoms with Gasteiger partial charge in [-0.05, 0) is 49.5 Å². The summed E-state index contributed by atoms with van der Waals surface area (Å²) in [4.78, 5) is 23.8. The lowest BCUT2D eigenvalue weighted by Crippen LogP contribution is -2.46. The number of aryl methyl sites for hydroxylation is 1. The SMILES string of the molecule is CCOC(=O)/C=C/[C@H](O[Si](C)(C)C(C)(C)C)[C@H](CCc1ccccc1)C(=O)O. The van der Waals surface area contributed by atoms with Crippen LogP contribution in [0.4, 0.5) is 0 Å². The quantitative estimate of drug-likeness (QED) is 0.342. The van der Waals surface area contributed by atoms with E-state index in [1.165, 1.54) is 6.08 Å². The maximum Gasteiger partial charge on any atom is 0.330 e. The molecule has 5 nitrogen and oxygen atoms in total. The van der Waals surface area contributed by atoms with Gasteiger partial charge in [0.15, 0.2) is 8.32 Å². The van der Waals surface area contributed by atoms with Crippen molar-refractivity contribution >= 4 is 20.3 Å². The van der Waals surface area contributed by atoms with E-state index in [2.05, 4.69) is 33.9 Å². The molecule has 0 heterocycles. The number of carboxylic acids is 1. The predicted octanol–water partition coefficient (Wildman–Crippen LogP) is 4.83. The molecule has 6 heteroatoms. The van der Waals surface area contributed by atoms with Crippen molar-refractivity contribution in [3.05, 3.63) is 48.0 Å². The molecular formula is C22H34O5Si. The molecule has 0 radical (unpaired) electrons. The molecule has 0 amide bonds. The highest BCUT2D eigenvalue weighted by Gasteiger charge is 2.41. The Morgan fingerprint density at radius 3 is 2.29 bits per heavy atom. The second-order valence-corrected chi connectivity index (χ2v) is 13.2. The van der Waals surface area contributed by atoms with Crippen molar-refractivity contribution in [3.63, 3.8) is 0 Å². The first-order valence-corrected chi connectivity index (χ1v) is 12.7. The normalized spacial score (nSPS) is 14.6. The summed E-state index contributed by atoms with van der Waals surface area (Å²) in [6.45, 7) is 12.5. The van der Waals surface area contributed by atoms with E-state index in [1.54, 1.807) is 13.0 Å². The van der Waals surface area contributed by atoms with Crippen LogP contribution in [0.25, 0.3) is 0 Å². The Labute approximate surface area is 169 Å². The van der Waals surface area contributed by atoms with Crippen LogP contribution < -0.4 is 0 Å². The summed E-state index contributed by atoms with van der Waals surface area (Å²) in [5.74, 6) is -2.16. The van der Waals surface area contributed by atoms with E-state index in [1.807, 2.05) is 30.3 Å². The maximum absolute atomic E-state index is 12.1. The van der Waals surface area contributed by atoms with Gasteiger partial charge in [0.25, 0.3) is 0 Å². The van der Waals surface area contributed by atoms with Crippen LogP contribution in [0.2, 0.25) is 18.1 Å². The summed E-state index contributed by atoms with van der Waals surface area (Å²) in [6, 6.07) is 9.78. The molecule has 0 saturated carbocycles. The van der Waals surface area contributed by atoms with Crippen molar-refractivity contribution in [1.29, 1.82) is 0 Å². The Morgan fingerprint density at radius 2 is 1.79 bits per heavy atom. The highest BCUT2D eigenvalue weighted by atomic mass is 28.4. The third-order valence-corrected chi connectivity index (χ3v) is 9.72. The molecule has 0 unspecified atom stereocenters. The van der Waals surface area contributed by atoms with Crippen LogP contribution in [0, 0.1) is 5.92 Å². The van der Waals surface area contributed by atoms with Gasteiger partial charge in [-0.2, -0.15) is 0 Å². The second-order valence-electron chi connectivity index (χ2n) is 8.42. The number of carboxylic acid groups (broad SMARTS) is 1. The summed E-state index contributed by atoms with van der Waals surface area (Å²) >= 11 is 0. The van der Waals surface area contributed by atoms with Crippen molar-refractivity contribution in [1.82, 2.24) is 0 Å². The predicted molar refractivity (Wildman–Crippen MR) is 114 cm³/mol. The van der Waals surface area contributed by atoms with Crippen molar-refractivity contribution < 1.29 is 23.9 Å². The van der Waals surface area contributed by atoms with Gasteiger partial charge in [-0.3, -0.25) is 4.79 Å². The Hall–Kier alpha value is -1.92. The Bertz CT molecular complexity index is 661. The highest BCUT2D eigenvalue weighted by molar-refractivity contribution is 6.74. The number of benzene rings is 1. The summed E-state index contributed by atoms with van der Waals surface area (Å²) in [6.07, 6.45) is 3.21. The average Bonchev–Trinajstić information content (AvgIpc) is 2.59. The van der Waals surface area contributed by atoms with Crippen LogP contribution in [0.3, 0.4) is 0 Å². The molecule has 1 rings (SSSR count). The van der Waals surface area contributed by atoms with Crippen molar-refractivity contribution in [2.24, 2.45) is 5.92 Å². The average molecular weight is 407 g/mol. The molecule has 0 bridgehead atoms. The van der Waals surface area contributed by atoms with Gasteiger partial charge in [-0.25, -0.2) is 4.79 Å². The van der Waals surface area contributed by atoms with Gasteiger partial charge >= 0.3 is 11.9 Å². The third kappa shape index (κ3) is 7.60. The Kier molecular flexibility index (Phi) is 9.11. The Morgan fingerprint density at radius 1 is 1.18 bits per heavy atom. The van der Waals surface area contributed by atoms with Gasteiger partial charge in [0, 0.05) is 6.08 Å². The molecule has 28 heavy (non-hydrogen) atoms. The molecular weight excluding hydrogens is 372 g/mol. The fourth-order valence-electron chi connectivity index (χ4n) is 2.53. The van der Waals surface area contributed by atoms with Crippen LogP contribution in [0.15, 0.2) is 42.5 Å². The summed E-state index contributed by atoms with van der Waals surface area (Å²) in [7, 11) is -2.24. The smallest absolute Gasteiger partial charge is 0.330 e. The largest absolute Gasteiger partial charge is 0.481 e. The van der Waals surface area contributed by atoms with Crippen molar-refractivity contribution in [2.45, 2.75) is 64.8 Å². The van der Waals surface area contributed by atoms with E-state index in [4.69, 9.17) is 9.16 Å². The molecule has 0 aliphatic heterocycles. The van der Waals surface area contributed by atoms with E-state index in [0.29, 0.717) is 12.8 Å². The number of esters is 1. The van der Waals surface area contributed by atoms with Gasteiger partial charge in [0.2, 0.25) is 0 Å². The highest BCUT2D eigenvalue weighted by Crippen LogP contribution is 2.38. The standard InChI is InChI=1S/C22H34O5Si/c1-7-26-20(23)16-15-19(27-28(5,6)22(2,3)4)18(21(24)25)14-13-17-11-9-8-10-12-17/h8-12,15-16,18-19H,7,13-14H2,1-6H3,(H,24,25)/b16-15+/t18-,19-/m0/s1. The third-order valence-electron chi connectivity index (χ3n) is 5.25. The first-order chi connectivity index (χ1) is 13.0. The first kappa shape index (κ1) is 24.1. The summed E-state index contributed by atoms with van der Waals surface area (Å²) < 4.78 is 11.3. The molecule has 156 valence electrons.